The maximum absolute atomic E-state index is 12.5. The topological polar surface area (TPSA) is 52.0 Å². The smallest absolute Gasteiger partial charge is 0.241 e. The van der Waals surface area contributed by atoms with E-state index in [1.807, 2.05) is 26.8 Å². The van der Waals surface area contributed by atoms with Crippen molar-refractivity contribution in [2.24, 2.45) is 0 Å². The van der Waals surface area contributed by atoms with Crippen molar-refractivity contribution < 1.29 is 8.42 Å². The van der Waals surface area contributed by atoms with Gasteiger partial charge in [-0.25, -0.2) is 17.4 Å². The fourth-order valence-electron chi connectivity index (χ4n) is 1.86. The lowest BCUT2D eigenvalue weighted by Gasteiger charge is -2.11. The van der Waals surface area contributed by atoms with Crippen LogP contribution in [0.2, 0.25) is 0 Å². The zero-order valence-corrected chi connectivity index (χ0v) is 11.7. The number of hydrogen-bond acceptors (Lipinski definition) is 3. The summed E-state index contributed by atoms with van der Waals surface area (Å²) in [4.78, 5) is 4.30. The number of aromatic nitrogens is 2. The third kappa shape index (κ3) is 2.06. The molecule has 2 aromatic rings. The summed E-state index contributed by atoms with van der Waals surface area (Å²) in [5, 5.41) is 0. The number of benzene rings is 1. The number of imidazole rings is 1. The second-order valence-electron chi connectivity index (χ2n) is 4.55. The lowest BCUT2D eigenvalue weighted by molar-refractivity contribution is 0.586. The minimum absolute atomic E-state index is 0.336. The minimum atomic E-state index is -3.53. The molecule has 1 aromatic carbocycles. The Balaban J connectivity index is 2.65. The highest BCUT2D eigenvalue weighted by molar-refractivity contribution is 7.90. The Morgan fingerprint density at radius 2 is 1.61 bits per heavy atom. The SMILES string of the molecule is Cc1cn(S(=O)(=O)c2cc(C)c(C)cc2C)cn1. The van der Waals surface area contributed by atoms with Crippen LogP contribution < -0.4 is 0 Å². The van der Waals surface area contributed by atoms with Crippen LogP contribution in [0.15, 0.2) is 29.6 Å². The van der Waals surface area contributed by atoms with Gasteiger partial charge < -0.3 is 0 Å². The molecule has 0 aliphatic carbocycles. The number of nitrogens with zero attached hydrogens (tertiary/aromatic N) is 2. The van der Waals surface area contributed by atoms with Crippen molar-refractivity contribution in [2.45, 2.75) is 32.6 Å². The Kier molecular flexibility index (Phi) is 3.02. The van der Waals surface area contributed by atoms with Gasteiger partial charge in [0.2, 0.25) is 0 Å². The Morgan fingerprint density at radius 3 is 2.17 bits per heavy atom. The van der Waals surface area contributed by atoms with E-state index in [1.165, 1.54) is 16.5 Å². The van der Waals surface area contributed by atoms with Crippen molar-refractivity contribution in [2.75, 3.05) is 0 Å². The van der Waals surface area contributed by atoms with Gasteiger partial charge in [0.25, 0.3) is 10.0 Å². The Bertz CT molecular complexity index is 700. The zero-order chi connectivity index (χ0) is 13.5. The Morgan fingerprint density at radius 1 is 1.00 bits per heavy atom. The maximum atomic E-state index is 12.5. The summed E-state index contributed by atoms with van der Waals surface area (Å²) in [5.41, 5.74) is 3.49. The van der Waals surface area contributed by atoms with Crippen molar-refractivity contribution in [3.8, 4) is 0 Å². The highest BCUT2D eigenvalue weighted by Crippen LogP contribution is 2.22. The molecule has 0 saturated heterocycles. The molecule has 4 nitrogen and oxygen atoms in total. The first-order chi connectivity index (χ1) is 8.32. The van der Waals surface area contributed by atoms with Crippen molar-refractivity contribution in [1.29, 1.82) is 0 Å². The summed E-state index contributed by atoms with van der Waals surface area (Å²) in [6, 6.07) is 3.61. The first-order valence-electron chi connectivity index (χ1n) is 5.66. The van der Waals surface area contributed by atoms with Gasteiger partial charge in [0.1, 0.15) is 6.33 Å². The molecule has 0 atom stereocenters. The average molecular weight is 264 g/mol. The fraction of sp³-hybridized carbons (Fsp3) is 0.308. The standard InChI is InChI=1S/C13H16N2O2S/c1-9-5-11(3)13(6-10(9)2)18(16,17)15-7-12(4)14-8-15/h5-8H,1-4H3. The van der Waals surface area contributed by atoms with E-state index in [-0.39, 0.29) is 0 Å². The second-order valence-corrected chi connectivity index (χ2v) is 6.36. The fourth-order valence-corrected chi connectivity index (χ4v) is 3.34. The molecule has 0 spiro atoms. The van der Waals surface area contributed by atoms with E-state index in [0.29, 0.717) is 10.6 Å². The Hall–Kier alpha value is -1.62. The van der Waals surface area contributed by atoms with E-state index in [9.17, 15) is 8.42 Å². The molecular formula is C13H16N2O2S. The molecule has 5 heteroatoms. The predicted molar refractivity (Wildman–Crippen MR) is 70.2 cm³/mol. The van der Waals surface area contributed by atoms with Gasteiger partial charge in [0.15, 0.2) is 0 Å². The van der Waals surface area contributed by atoms with E-state index in [0.717, 1.165) is 16.7 Å². The summed E-state index contributed by atoms with van der Waals surface area (Å²) >= 11 is 0. The second kappa shape index (κ2) is 4.24. The highest BCUT2D eigenvalue weighted by Gasteiger charge is 2.20. The van der Waals surface area contributed by atoms with Crippen molar-refractivity contribution in [3.63, 3.8) is 0 Å². The summed E-state index contributed by atoms with van der Waals surface area (Å²) in [5.74, 6) is 0. The molecule has 0 saturated carbocycles. The van der Waals surface area contributed by atoms with E-state index in [4.69, 9.17) is 0 Å². The molecule has 0 N–H and O–H groups in total. The molecular weight excluding hydrogens is 248 g/mol. The van der Waals surface area contributed by atoms with Crippen molar-refractivity contribution in [1.82, 2.24) is 8.96 Å². The van der Waals surface area contributed by atoms with Crippen molar-refractivity contribution in [3.05, 3.63) is 47.0 Å². The summed E-state index contributed by atoms with van der Waals surface area (Å²) in [6.07, 6.45) is 2.85. The van der Waals surface area contributed by atoms with Crippen LogP contribution in [0.3, 0.4) is 0 Å². The van der Waals surface area contributed by atoms with Gasteiger partial charge in [0, 0.05) is 6.20 Å². The van der Waals surface area contributed by atoms with E-state index >= 15 is 0 Å². The van der Waals surface area contributed by atoms with Gasteiger partial charge in [-0.15, -0.1) is 0 Å². The van der Waals surface area contributed by atoms with Crippen LogP contribution in [-0.4, -0.2) is 17.4 Å². The quantitative estimate of drug-likeness (QED) is 0.836. The molecule has 0 fully saturated rings. The summed E-state index contributed by atoms with van der Waals surface area (Å²) in [7, 11) is -3.53. The normalized spacial score (nSPS) is 11.8. The highest BCUT2D eigenvalue weighted by atomic mass is 32.2. The minimum Gasteiger partial charge on any atom is -0.241 e. The molecule has 96 valence electrons. The Labute approximate surface area is 107 Å². The largest absolute Gasteiger partial charge is 0.269 e. The van der Waals surface area contributed by atoms with Gasteiger partial charge >= 0.3 is 0 Å². The number of aryl methyl sites for hydroxylation is 4. The lowest BCUT2D eigenvalue weighted by atomic mass is 10.1. The van der Waals surface area contributed by atoms with Crippen LogP contribution >= 0.6 is 0 Å². The third-order valence-electron chi connectivity index (χ3n) is 3.04. The first-order valence-corrected chi connectivity index (χ1v) is 7.10. The lowest BCUT2D eigenvalue weighted by Crippen LogP contribution is -2.13. The van der Waals surface area contributed by atoms with Crippen LogP contribution in [0.25, 0.3) is 0 Å². The first kappa shape index (κ1) is 12.8. The predicted octanol–water partition coefficient (Wildman–Crippen LogP) is 2.35. The van der Waals surface area contributed by atoms with Gasteiger partial charge in [-0.1, -0.05) is 6.07 Å². The van der Waals surface area contributed by atoms with Crippen LogP contribution in [0.5, 0.6) is 0 Å². The van der Waals surface area contributed by atoms with Gasteiger partial charge in [0.05, 0.1) is 10.6 Å². The van der Waals surface area contributed by atoms with Crippen molar-refractivity contribution >= 4 is 10.0 Å². The van der Waals surface area contributed by atoms with Crippen LogP contribution in [-0.2, 0) is 10.0 Å². The number of hydrogen-bond donors (Lipinski definition) is 0. The van der Waals surface area contributed by atoms with E-state index < -0.39 is 10.0 Å². The molecule has 0 aliphatic heterocycles. The van der Waals surface area contributed by atoms with Crippen LogP contribution in [0.4, 0.5) is 0 Å². The molecule has 0 unspecified atom stereocenters. The molecule has 1 heterocycles. The summed E-state index contributed by atoms with van der Waals surface area (Å²) < 4.78 is 26.1. The van der Waals surface area contributed by atoms with Crippen LogP contribution in [0, 0.1) is 27.7 Å². The number of rotatable bonds is 2. The molecule has 0 bridgehead atoms. The van der Waals surface area contributed by atoms with Gasteiger partial charge in [-0.2, -0.15) is 0 Å². The maximum Gasteiger partial charge on any atom is 0.269 e. The molecule has 0 aliphatic rings. The molecule has 1 aromatic heterocycles. The summed E-state index contributed by atoms with van der Waals surface area (Å²) in [6.45, 7) is 7.45. The van der Waals surface area contributed by atoms with Crippen LogP contribution in [0.1, 0.15) is 22.4 Å². The van der Waals surface area contributed by atoms with E-state index in [1.54, 1.807) is 13.0 Å². The average Bonchev–Trinajstić information content (AvgIpc) is 2.70. The zero-order valence-electron chi connectivity index (χ0n) is 10.9. The monoisotopic (exact) mass is 264 g/mol. The van der Waals surface area contributed by atoms with E-state index in [2.05, 4.69) is 4.98 Å². The van der Waals surface area contributed by atoms with Gasteiger partial charge in [-0.05, 0) is 50.5 Å². The molecule has 2 rings (SSSR count). The molecule has 0 radical (unpaired) electrons. The molecule has 0 amide bonds. The van der Waals surface area contributed by atoms with Gasteiger partial charge in [-0.3, -0.25) is 0 Å². The third-order valence-corrected chi connectivity index (χ3v) is 4.79. The molecule has 18 heavy (non-hydrogen) atoms.